The van der Waals surface area contributed by atoms with Crippen molar-refractivity contribution in [3.63, 3.8) is 0 Å². The Labute approximate surface area is 338 Å². The summed E-state index contributed by atoms with van der Waals surface area (Å²) in [6, 6.07) is 57.1. The molecule has 0 aliphatic carbocycles. The van der Waals surface area contributed by atoms with Crippen molar-refractivity contribution in [1.82, 2.24) is 0 Å². The quantitative estimate of drug-likeness (QED) is 0.0434. The van der Waals surface area contributed by atoms with E-state index in [0.717, 1.165) is 38.9 Å². The minimum Gasteiger partial charge on any atom is -0.489 e. The minimum atomic E-state index is 0.130. The first-order valence-electron chi connectivity index (χ1n) is 19.0. The number of nitrogens with zero attached hydrogens (tertiary/aromatic N) is 3. The third-order valence-corrected chi connectivity index (χ3v) is 8.94. The summed E-state index contributed by atoms with van der Waals surface area (Å²) in [4.78, 5) is 2.96. The van der Waals surface area contributed by atoms with Crippen molar-refractivity contribution >= 4 is 0 Å². The second kappa shape index (κ2) is 20.5. The van der Waals surface area contributed by atoms with Gasteiger partial charge in [0.15, 0.2) is 0 Å². The van der Waals surface area contributed by atoms with Crippen LogP contribution in [0.2, 0.25) is 0 Å². The van der Waals surface area contributed by atoms with Crippen molar-refractivity contribution in [3.05, 3.63) is 225 Å². The van der Waals surface area contributed by atoms with Gasteiger partial charge in [-0.25, -0.2) is 0 Å². The summed E-state index contributed by atoms with van der Waals surface area (Å²) in [6.07, 6.45) is 0. The summed E-state index contributed by atoms with van der Waals surface area (Å²) in [5, 5.41) is 3.79. The van der Waals surface area contributed by atoms with Gasteiger partial charge in [0.05, 0.1) is 6.54 Å². The molecule has 290 valence electrons. The highest BCUT2D eigenvalue weighted by molar-refractivity contribution is 5.42. The molecule has 0 fully saturated rings. The first-order chi connectivity index (χ1) is 28.6. The largest absolute Gasteiger partial charge is 0.489 e. The van der Waals surface area contributed by atoms with E-state index in [1.54, 1.807) is 0 Å². The maximum absolute atomic E-state index is 9.09. The van der Waals surface area contributed by atoms with Gasteiger partial charge in [0.25, 0.3) is 0 Å². The highest BCUT2D eigenvalue weighted by atomic mass is 16.5. The SMILES string of the molecule is [N-]=[N+]=NCc1cc(OCc2cc(OCc3ccccc3)cc(OCc3ccccc3)c2)cc(OCc2cc(OCc3ccccc3)cc(OCc3ccccc3)c2)c1. The van der Waals surface area contributed by atoms with Crippen LogP contribution in [0.25, 0.3) is 10.4 Å². The summed E-state index contributed by atoms with van der Waals surface area (Å²) in [6.45, 7) is 2.21. The zero-order valence-corrected chi connectivity index (χ0v) is 32.0. The Bertz CT molecular complexity index is 2110. The lowest BCUT2D eigenvalue weighted by Crippen LogP contribution is -2.03. The molecule has 58 heavy (non-hydrogen) atoms. The summed E-state index contributed by atoms with van der Waals surface area (Å²) in [7, 11) is 0. The molecule has 0 aliphatic heterocycles. The minimum absolute atomic E-state index is 0.130. The van der Waals surface area contributed by atoms with Crippen molar-refractivity contribution in [1.29, 1.82) is 0 Å². The Balaban J connectivity index is 1.07. The molecule has 7 aromatic carbocycles. The molecule has 0 amide bonds. The van der Waals surface area contributed by atoms with Crippen LogP contribution in [0.15, 0.2) is 181 Å². The van der Waals surface area contributed by atoms with Gasteiger partial charge in [0.1, 0.15) is 74.1 Å². The van der Waals surface area contributed by atoms with E-state index in [4.69, 9.17) is 34.0 Å². The number of hydrogen-bond acceptors (Lipinski definition) is 7. The molecule has 0 saturated carbocycles. The molecule has 0 spiro atoms. The van der Waals surface area contributed by atoms with Crippen molar-refractivity contribution in [2.75, 3.05) is 0 Å². The maximum atomic E-state index is 9.09. The van der Waals surface area contributed by atoms with Crippen LogP contribution in [-0.2, 0) is 46.2 Å². The molecule has 0 saturated heterocycles. The van der Waals surface area contributed by atoms with Gasteiger partial charge >= 0.3 is 0 Å². The molecule has 9 heteroatoms. The highest BCUT2D eigenvalue weighted by Crippen LogP contribution is 2.30. The zero-order chi connectivity index (χ0) is 39.6. The Hall–Kier alpha value is -7.35. The molecular formula is C49H43N3O6. The standard InChI is InChI=1S/C49H43N3O6/c50-52-51-30-41-21-44(57-35-42-23-46(53-31-37-13-5-1-6-14-37)28-47(24-42)54-32-38-15-7-2-8-16-38)27-45(22-41)58-36-43-25-48(55-33-39-17-9-3-10-18-39)29-49(26-43)56-34-40-19-11-4-12-20-40/h1-29H,30-36H2. The predicted octanol–water partition coefficient (Wildman–Crippen LogP) is 12.0. The smallest absolute Gasteiger partial charge is 0.123 e. The van der Waals surface area contributed by atoms with Crippen LogP contribution in [0.5, 0.6) is 34.5 Å². The lowest BCUT2D eigenvalue weighted by atomic mass is 10.1. The Kier molecular flexibility index (Phi) is 13.8. The van der Waals surface area contributed by atoms with Crippen LogP contribution in [0.4, 0.5) is 0 Å². The van der Waals surface area contributed by atoms with E-state index in [0.29, 0.717) is 60.9 Å². The van der Waals surface area contributed by atoms with Crippen LogP contribution in [0, 0.1) is 0 Å². The van der Waals surface area contributed by atoms with Crippen molar-refractivity contribution in [3.8, 4) is 34.5 Å². The van der Waals surface area contributed by atoms with Crippen LogP contribution in [0.3, 0.4) is 0 Å². The Morgan fingerprint density at radius 1 is 0.310 bits per heavy atom. The van der Waals surface area contributed by atoms with Gasteiger partial charge in [-0.1, -0.05) is 126 Å². The molecule has 0 aromatic heterocycles. The van der Waals surface area contributed by atoms with Gasteiger partial charge in [-0.05, 0) is 80.9 Å². The number of benzene rings is 7. The third kappa shape index (κ3) is 12.3. The van der Waals surface area contributed by atoms with E-state index in [2.05, 4.69) is 10.0 Å². The first kappa shape index (κ1) is 38.9. The monoisotopic (exact) mass is 769 g/mol. The highest BCUT2D eigenvalue weighted by Gasteiger charge is 2.11. The first-order valence-corrected chi connectivity index (χ1v) is 19.0. The fraction of sp³-hybridized carbons (Fsp3) is 0.143. The lowest BCUT2D eigenvalue weighted by Gasteiger charge is -2.15. The summed E-state index contributed by atoms with van der Waals surface area (Å²) in [5.74, 6) is 3.75. The molecular weight excluding hydrogens is 727 g/mol. The summed E-state index contributed by atoms with van der Waals surface area (Å²) in [5.41, 5.74) is 15.8. The maximum Gasteiger partial charge on any atom is 0.123 e. The molecule has 7 aromatic rings. The average molecular weight is 770 g/mol. The number of hydrogen-bond donors (Lipinski definition) is 0. The molecule has 0 bridgehead atoms. The van der Waals surface area contributed by atoms with Gasteiger partial charge in [-0.15, -0.1) is 0 Å². The number of azide groups is 1. The average Bonchev–Trinajstić information content (AvgIpc) is 3.28. The van der Waals surface area contributed by atoms with Crippen LogP contribution in [-0.4, -0.2) is 0 Å². The molecule has 0 atom stereocenters. The second-order valence-corrected chi connectivity index (χ2v) is 13.5. The van der Waals surface area contributed by atoms with Gasteiger partial charge < -0.3 is 28.4 Å². The van der Waals surface area contributed by atoms with Gasteiger partial charge in [0, 0.05) is 23.1 Å². The molecule has 0 heterocycles. The van der Waals surface area contributed by atoms with E-state index in [1.165, 1.54) is 0 Å². The van der Waals surface area contributed by atoms with Crippen molar-refractivity contribution in [2.45, 2.75) is 46.2 Å². The predicted molar refractivity (Wildman–Crippen MR) is 224 cm³/mol. The second-order valence-electron chi connectivity index (χ2n) is 13.5. The Morgan fingerprint density at radius 2 is 0.552 bits per heavy atom. The van der Waals surface area contributed by atoms with Gasteiger partial charge in [-0.2, -0.15) is 0 Å². The summed E-state index contributed by atoms with van der Waals surface area (Å²) < 4.78 is 37.5. The topological polar surface area (TPSA) is 104 Å². The van der Waals surface area contributed by atoms with E-state index in [9.17, 15) is 0 Å². The molecule has 0 N–H and O–H groups in total. The third-order valence-electron chi connectivity index (χ3n) is 8.94. The van der Waals surface area contributed by atoms with Gasteiger partial charge in [-0.3, -0.25) is 0 Å². The Morgan fingerprint density at radius 3 is 0.810 bits per heavy atom. The van der Waals surface area contributed by atoms with Crippen molar-refractivity contribution < 1.29 is 28.4 Å². The van der Waals surface area contributed by atoms with Crippen LogP contribution < -0.4 is 28.4 Å². The normalized spacial score (nSPS) is 10.6. The number of ether oxygens (including phenoxy) is 6. The number of rotatable bonds is 20. The zero-order valence-electron chi connectivity index (χ0n) is 32.0. The van der Waals surface area contributed by atoms with Crippen molar-refractivity contribution in [2.24, 2.45) is 5.11 Å². The van der Waals surface area contributed by atoms with Crippen LogP contribution >= 0.6 is 0 Å². The van der Waals surface area contributed by atoms with Crippen LogP contribution in [0.1, 0.15) is 38.9 Å². The fourth-order valence-electron chi connectivity index (χ4n) is 6.06. The molecule has 9 nitrogen and oxygen atoms in total. The van der Waals surface area contributed by atoms with E-state index in [1.807, 2.05) is 176 Å². The van der Waals surface area contributed by atoms with E-state index >= 15 is 0 Å². The molecule has 0 radical (unpaired) electrons. The summed E-state index contributed by atoms with van der Waals surface area (Å²) >= 11 is 0. The van der Waals surface area contributed by atoms with E-state index < -0.39 is 0 Å². The van der Waals surface area contributed by atoms with Gasteiger partial charge in [0.2, 0.25) is 0 Å². The van der Waals surface area contributed by atoms with E-state index in [-0.39, 0.29) is 19.8 Å². The lowest BCUT2D eigenvalue weighted by molar-refractivity contribution is 0.276. The molecule has 0 unspecified atom stereocenters. The molecule has 0 aliphatic rings. The fourth-order valence-corrected chi connectivity index (χ4v) is 6.06. The molecule has 7 rings (SSSR count).